The number of aryl methyl sites for hydroxylation is 1. The van der Waals surface area contributed by atoms with Gasteiger partial charge in [-0.25, -0.2) is 0 Å². The van der Waals surface area contributed by atoms with Gasteiger partial charge in [0.1, 0.15) is 5.49 Å². The first-order chi connectivity index (χ1) is 5.97. The van der Waals surface area contributed by atoms with E-state index in [-0.39, 0.29) is 5.49 Å². The Hall–Kier alpha value is -0.280. The molecule has 0 saturated heterocycles. The van der Waals surface area contributed by atoms with Crippen LogP contribution in [0.4, 0.5) is 0 Å². The van der Waals surface area contributed by atoms with Crippen LogP contribution >= 0.6 is 19.4 Å². The van der Waals surface area contributed by atoms with Gasteiger partial charge in [0.25, 0.3) is 0 Å². The average Bonchev–Trinajstić information content (AvgIpc) is 2.02. The molecule has 1 aromatic carbocycles. The lowest BCUT2D eigenvalue weighted by molar-refractivity contribution is 0.379. The van der Waals surface area contributed by atoms with Gasteiger partial charge in [-0.3, -0.25) is 4.57 Å². The predicted molar refractivity (Wildman–Crippen MR) is 53.9 cm³/mol. The smallest absolute Gasteiger partial charge is 0.324 e. The van der Waals surface area contributed by atoms with Gasteiger partial charge in [-0.2, -0.15) is 0 Å². The van der Waals surface area contributed by atoms with Crippen molar-refractivity contribution in [1.29, 1.82) is 0 Å². The number of benzene rings is 1. The number of rotatable bonds is 3. The number of hydrogen-bond acceptors (Lipinski definition) is 2. The Bertz CT molecular complexity index is 317. The minimum Gasteiger partial charge on any atom is -0.324 e. The van der Waals surface area contributed by atoms with E-state index >= 15 is 0 Å². The zero-order chi connectivity index (χ0) is 9.90. The molecule has 0 unspecified atom stereocenters. The molecule has 0 fully saturated rings. The van der Waals surface area contributed by atoms with E-state index < -0.39 is 7.60 Å². The lowest BCUT2D eigenvalue weighted by atomic mass is 10.2. The lowest BCUT2D eigenvalue weighted by Gasteiger charge is -2.03. The second-order valence-electron chi connectivity index (χ2n) is 2.75. The molecule has 0 aliphatic carbocycles. The molecule has 0 aromatic heterocycles. The first-order valence-corrected chi connectivity index (χ1v) is 6.50. The van der Waals surface area contributed by atoms with Crippen LogP contribution in [-0.2, 0) is 4.57 Å². The summed E-state index contributed by atoms with van der Waals surface area (Å²) in [7, 11) is -3.88. The molecule has 13 heavy (non-hydrogen) atoms. The highest BCUT2D eigenvalue weighted by Gasteiger charge is 2.12. The Labute approximate surface area is 81.3 Å². The van der Waals surface area contributed by atoms with Crippen LogP contribution in [0.25, 0.3) is 0 Å². The SMILES string of the molecule is Cc1ccc(SCP(=O)(O)O)cc1. The van der Waals surface area contributed by atoms with E-state index in [1.165, 1.54) is 11.8 Å². The molecule has 72 valence electrons. The van der Waals surface area contributed by atoms with E-state index in [0.717, 1.165) is 10.5 Å². The molecule has 0 bridgehead atoms. The third kappa shape index (κ3) is 4.48. The van der Waals surface area contributed by atoms with Crippen molar-refractivity contribution in [2.24, 2.45) is 0 Å². The second kappa shape index (κ2) is 4.29. The summed E-state index contributed by atoms with van der Waals surface area (Å²) >= 11 is 1.17. The van der Waals surface area contributed by atoms with Crippen LogP contribution in [0.5, 0.6) is 0 Å². The van der Waals surface area contributed by atoms with E-state index in [2.05, 4.69) is 0 Å². The van der Waals surface area contributed by atoms with E-state index in [1.807, 2.05) is 31.2 Å². The van der Waals surface area contributed by atoms with Crippen molar-refractivity contribution < 1.29 is 14.4 Å². The summed E-state index contributed by atoms with van der Waals surface area (Å²) in [5, 5.41) is 0. The molecule has 2 N–H and O–H groups in total. The van der Waals surface area contributed by atoms with E-state index in [0.29, 0.717) is 0 Å². The highest BCUT2D eigenvalue weighted by molar-refractivity contribution is 8.04. The molecule has 0 aliphatic heterocycles. The Balaban J connectivity index is 2.56. The summed E-state index contributed by atoms with van der Waals surface area (Å²) < 4.78 is 10.5. The molecule has 0 aliphatic rings. The van der Waals surface area contributed by atoms with Crippen LogP contribution in [0.2, 0.25) is 0 Å². The molecule has 0 heterocycles. The molecule has 3 nitrogen and oxygen atoms in total. The van der Waals surface area contributed by atoms with E-state index in [4.69, 9.17) is 9.79 Å². The average molecular weight is 218 g/mol. The molecule has 5 heteroatoms. The van der Waals surface area contributed by atoms with Gasteiger partial charge >= 0.3 is 7.60 Å². The van der Waals surface area contributed by atoms with Crippen LogP contribution in [0.3, 0.4) is 0 Å². The summed E-state index contributed by atoms with van der Waals surface area (Å²) in [4.78, 5) is 18.1. The predicted octanol–water partition coefficient (Wildman–Crippen LogP) is 2.22. The number of thioether (sulfide) groups is 1. The normalized spacial score (nSPS) is 11.6. The molecule has 0 amide bonds. The maximum atomic E-state index is 10.5. The second-order valence-corrected chi connectivity index (χ2v) is 5.87. The van der Waals surface area contributed by atoms with Crippen molar-refractivity contribution in [3.8, 4) is 0 Å². The molecular weight excluding hydrogens is 207 g/mol. The Kier molecular flexibility index (Phi) is 3.56. The quantitative estimate of drug-likeness (QED) is 0.603. The Morgan fingerprint density at radius 1 is 1.31 bits per heavy atom. The lowest BCUT2D eigenvalue weighted by Crippen LogP contribution is -1.81. The van der Waals surface area contributed by atoms with Gasteiger partial charge in [-0.15, -0.1) is 11.8 Å². The zero-order valence-electron chi connectivity index (χ0n) is 7.17. The standard InChI is InChI=1S/C8H11O3PS/c1-7-2-4-8(5-3-7)13-6-12(9,10)11/h2-5H,6H2,1H3,(H2,9,10,11). The van der Waals surface area contributed by atoms with Gasteiger partial charge < -0.3 is 9.79 Å². The van der Waals surface area contributed by atoms with Gasteiger partial charge in [0.15, 0.2) is 0 Å². The third-order valence-electron chi connectivity index (χ3n) is 1.42. The maximum Gasteiger partial charge on any atom is 0.335 e. The van der Waals surface area contributed by atoms with Crippen molar-refractivity contribution in [2.45, 2.75) is 11.8 Å². The van der Waals surface area contributed by atoms with Gasteiger partial charge in [-0.05, 0) is 19.1 Å². The molecule has 0 radical (unpaired) electrons. The fourth-order valence-corrected chi connectivity index (χ4v) is 2.39. The van der Waals surface area contributed by atoms with Gasteiger partial charge in [0.2, 0.25) is 0 Å². The van der Waals surface area contributed by atoms with Crippen molar-refractivity contribution in [1.82, 2.24) is 0 Å². The first kappa shape index (κ1) is 10.8. The Morgan fingerprint density at radius 3 is 2.31 bits per heavy atom. The summed E-state index contributed by atoms with van der Waals surface area (Å²) in [6.45, 7) is 1.97. The third-order valence-corrected chi connectivity index (χ3v) is 3.89. The minimum atomic E-state index is -3.88. The summed E-state index contributed by atoms with van der Waals surface area (Å²) in [6.07, 6.45) is 0. The van der Waals surface area contributed by atoms with Crippen LogP contribution in [-0.4, -0.2) is 15.3 Å². The highest BCUT2D eigenvalue weighted by atomic mass is 32.2. The van der Waals surface area contributed by atoms with Crippen LogP contribution < -0.4 is 0 Å². The van der Waals surface area contributed by atoms with Crippen LogP contribution in [0.1, 0.15) is 5.56 Å². The maximum absolute atomic E-state index is 10.5. The van der Waals surface area contributed by atoms with E-state index in [1.54, 1.807) is 0 Å². The largest absolute Gasteiger partial charge is 0.335 e. The van der Waals surface area contributed by atoms with Crippen molar-refractivity contribution >= 4 is 19.4 Å². The minimum absolute atomic E-state index is 0.157. The molecule has 0 saturated carbocycles. The molecule has 1 rings (SSSR count). The van der Waals surface area contributed by atoms with E-state index in [9.17, 15) is 4.57 Å². The number of hydrogen-bond donors (Lipinski definition) is 2. The topological polar surface area (TPSA) is 57.5 Å². The Morgan fingerprint density at radius 2 is 1.85 bits per heavy atom. The fourth-order valence-electron chi connectivity index (χ4n) is 0.793. The summed E-state index contributed by atoms with van der Waals surface area (Å²) in [5.74, 6) is 0. The highest BCUT2D eigenvalue weighted by Crippen LogP contribution is 2.41. The monoisotopic (exact) mass is 218 g/mol. The molecule has 0 spiro atoms. The van der Waals surface area contributed by atoms with Crippen molar-refractivity contribution in [2.75, 3.05) is 5.49 Å². The van der Waals surface area contributed by atoms with Crippen LogP contribution in [0, 0.1) is 6.92 Å². The summed E-state index contributed by atoms with van der Waals surface area (Å²) in [5.41, 5.74) is 0.983. The molecular formula is C8H11O3PS. The molecule has 0 atom stereocenters. The first-order valence-electron chi connectivity index (χ1n) is 3.71. The molecule has 1 aromatic rings. The van der Waals surface area contributed by atoms with Gasteiger partial charge in [0, 0.05) is 4.90 Å². The zero-order valence-corrected chi connectivity index (χ0v) is 8.89. The van der Waals surface area contributed by atoms with Gasteiger partial charge in [-0.1, -0.05) is 17.7 Å². The summed E-state index contributed by atoms with van der Waals surface area (Å²) in [6, 6.07) is 7.55. The van der Waals surface area contributed by atoms with Crippen molar-refractivity contribution in [3.05, 3.63) is 29.8 Å². The fraction of sp³-hybridized carbons (Fsp3) is 0.250. The van der Waals surface area contributed by atoms with Crippen molar-refractivity contribution in [3.63, 3.8) is 0 Å². The van der Waals surface area contributed by atoms with Gasteiger partial charge in [0.05, 0.1) is 0 Å². The van der Waals surface area contributed by atoms with Crippen LogP contribution in [0.15, 0.2) is 29.2 Å².